The third-order valence-electron chi connectivity index (χ3n) is 5.74. The van der Waals surface area contributed by atoms with Crippen LogP contribution in [0.1, 0.15) is 142 Å². The molecule has 0 fully saturated rings. The number of hydrogen-bond donors (Lipinski definition) is 1. The van der Waals surface area contributed by atoms with E-state index in [-0.39, 0.29) is 0 Å². The summed E-state index contributed by atoms with van der Waals surface area (Å²) < 4.78 is 22.8. The molecule has 0 aromatic rings. The van der Waals surface area contributed by atoms with E-state index in [4.69, 9.17) is 0 Å². The van der Waals surface area contributed by atoms with E-state index in [0.29, 0.717) is 0 Å². The summed E-state index contributed by atoms with van der Waals surface area (Å²) in [4.78, 5) is 0. The minimum atomic E-state index is -1.80. The van der Waals surface area contributed by atoms with E-state index < -0.39 is 11.3 Å². The van der Waals surface area contributed by atoms with Gasteiger partial charge in [-0.1, -0.05) is 129 Å². The lowest BCUT2D eigenvalue weighted by Crippen LogP contribution is -2.27. The highest BCUT2D eigenvalue weighted by molar-refractivity contribution is 7.76. The molecule has 0 spiro atoms. The molecule has 28 heavy (non-hydrogen) atoms. The minimum absolute atomic E-state index is 0.775. The van der Waals surface area contributed by atoms with Crippen molar-refractivity contribution in [2.45, 2.75) is 142 Å². The average molecular weight is 418 g/mol. The molecule has 3 nitrogen and oxygen atoms in total. The molecule has 0 aromatic heterocycles. The van der Waals surface area contributed by atoms with Crippen molar-refractivity contribution in [3.05, 3.63) is 0 Å². The van der Waals surface area contributed by atoms with Gasteiger partial charge in [0, 0.05) is 13.1 Å². The van der Waals surface area contributed by atoms with Crippen LogP contribution in [0.2, 0.25) is 0 Å². The van der Waals surface area contributed by atoms with Gasteiger partial charge >= 0.3 is 0 Å². The Balaban J connectivity index is 3.45. The zero-order valence-corrected chi connectivity index (χ0v) is 20.1. The van der Waals surface area contributed by atoms with Crippen molar-refractivity contribution >= 4 is 11.3 Å². The molecule has 0 radical (unpaired) electrons. The zero-order valence-electron chi connectivity index (χ0n) is 19.3. The Labute approximate surface area is 179 Å². The van der Waals surface area contributed by atoms with Crippen molar-refractivity contribution in [2.24, 2.45) is 0 Å². The monoisotopic (exact) mass is 417 g/mol. The molecule has 0 heterocycles. The second-order valence-electron chi connectivity index (χ2n) is 8.52. The van der Waals surface area contributed by atoms with Crippen LogP contribution >= 0.6 is 0 Å². The lowest BCUT2D eigenvalue weighted by Gasteiger charge is -2.17. The van der Waals surface area contributed by atoms with E-state index >= 15 is 0 Å². The topological polar surface area (TPSA) is 40.5 Å². The van der Waals surface area contributed by atoms with Crippen LogP contribution in [0.25, 0.3) is 0 Å². The predicted molar refractivity (Wildman–Crippen MR) is 126 cm³/mol. The van der Waals surface area contributed by atoms with Gasteiger partial charge in [0.2, 0.25) is 11.3 Å². The maximum absolute atomic E-state index is 11.5. The molecule has 0 aliphatic carbocycles. The SMILES string of the molecule is CCCCCCCCCCCCN(CCCCCCCCCCCC)S(=O)O. The molecule has 0 saturated carbocycles. The van der Waals surface area contributed by atoms with E-state index in [1.165, 1.54) is 116 Å². The van der Waals surface area contributed by atoms with Crippen molar-refractivity contribution in [3.8, 4) is 0 Å². The Kier molecular flexibility index (Phi) is 23.4. The van der Waals surface area contributed by atoms with E-state index in [2.05, 4.69) is 13.8 Å². The quantitative estimate of drug-likeness (QED) is 0.134. The van der Waals surface area contributed by atoms with Crippen LogP contribution in [0.5, 0.6) is 0 Å². The van der Waals surface area contributed by atoms with Crippen LogP contribution in [0, 0.1) is 0 Å². The zero-order chi connectivity index (χ0) is 20.7. The molecular weight excluding hydrogens is 366 g/mol. The Morgan fingerprint density at radius 3 is 1.00 bits per heavy atom. The Morgan fingerprint density at radius 1 is 0.500 bits per heavy atom. The smallest absolute Gasteiger partial charge is 0.234 e. The fraction of sp³-hybridized carbons (Fsp3) is 1.00. The van der Waals surface area contributed by atoms with Crippen LogP contribution in [0.3, 0.4) is 0 Å². The summed E-state index contributed by atoms with van der Waals surface area (Å²) in [5.41, 5.74) is 0. The minimum Gasteiger partial charge on any atom is -0.294 e. The van der Waals surface area contributed by atoms with E-state index in [0.717, 1.165) is 25.9 Å². The largest absolute Gasteiger partial charge is 0.294 e. The molecule has 4 heteroatoms. The van der Waals surface area contributed by atoms with Crippen LogP contribution in [-0.4, -0.2) is 26.2 Å². The van der Waals surface area contributed by atoms with Crippen LogP contribution in [0.15, 0.2) is 0 Å². The fourth-order valence-electron chi connectivity index (χ4n) is 3.82. The summed E-state index contributed by atoms with van der Waals surface area (Å²) in [5, 5.41) is 0. The molecule has 170 valence electrons. The van der Waals surface area contributed by atoms with Crippen molar-refractivity contribution in [3.63, 3.8) is 0 Å². The lowest BCUT2D eigenvalue weighted by atomic mass is 10.1. The van der Waals surface area contributed by atoms with Crippen LogP contribution in [-0.2, 0) is 11.3 Å². The first-order chi connectivity index (χ1) is 13.7. The summed E-state index contributed by atoms with van der Waals surface area (Å²) in [5.74, 6) is 0. The van der Waals surface area contributed by atoms with Gasteiger partial charge in [-0.2, -0.15) is 0 Å². The first-order valence-electron chi connectivity index (χ1n) is 12.6. The van der Waals surface area contributed by atoms with Crippen molar-refractivity contribution in [1.82, 2.24) is 4.31 Å². The summed E-state index contributed by atoms with van der Waals surface area (Å²) in [6, 6.07) is 0. The van der Waals surface area contributed by atoms with E-state index in [1.807, 2.05) is 0 Å². The molecule has 0 bridgehead atoms. The number of hydrogen-bond acceptors (Lipinski definition) is 1. The Bertz CT molecular complexity index is 302. The molecular formula is C24H51NO2S. The fourth-order valence-corrected chi connectivity index (χ4v) is 4.39. The van der Waals surface area contributed by atoms with Gasteiger partial charge in [-0.25, -0.2) is 8.51 Å². The van der Waals surface area contributed by atoms with Gasteiger partial charge < -0.3 is 0 Å². The summed E-state index contributed by atoms with van der Waals surface area (Å²) in [6.45, 7) is 6.08. The standard InChI is InChI=1S/C24H51NO2S/c1-3-5-7-9-11-13-15-17-19-21-23-25(28(26)27)24-22-20-18-16-14-12-10-8-6-4-2/h3-24H2,1-2H3,(H,26,27). The maximum atomic E-state index is 11.5. The molecule has 1 unspecified atom stereocenters. The van der Waals surface area contributed by atoms with Gasteiger partial charge in [-0.05, 0) is 12.8 Å². The first-order valence-corrected chi connectivity index (χ1v) is 13.6. The van der Waals surface area contributed by atoms with Gasteiger partial charge in [0.15, 0.2) is 0 Å². The van der Waals surface area contributed by atoms with Crippen LogP contribution < -0.4 is 0 Å². The van der Waals surface area contributed by atoms with Crippen molar-refractivity contribution in [2.75, 3.05) is 13.1 Å². The van der Waals surface area contributed by atoms with E-state index in [1.54, 1.807) is 4.31 Å². The van der Waals surface area contributed by atoms with Crippen LogP contribution in [0.4, 0.5) is 0 Å². The number of unbranched alkanes of at least 4 members (excludes halogenated alkanes) is 18. The average Bonchev–Trinajstić information content (AvgIpc) is 2.68. The second-order valence-corrected chi connectivity index (χ2v) is 9.50. The third-order valence-corrected chi connectivity index (χ3v) is 6.55. The van der Waals surface area contributed by atoms with Crippen molar-refractivity contribution < 1.29 is 8.76 Å². The number of nitrogens with zero attached hydrogens (tertiary/aromatic N) is 1. The molecule has 0 amide bonds. The maximum Gasteiger partial charge on any atom is 0.234 e. The van der Waals surface area contributed by atoms with Gasteiger partial charge in [-0.3, -0.25) is 4.55 Å². The highest BCUT2D eigenvalue weighted by Gasteiger charge is 2.09. The molecule has 0 rings (SSSR count). The van der Waals surface area contributed by atoms with Crippen molar-refractivity contribution in [1.29, 1.82) is 0 Å². The molecule has 0 aliphatic rings. The highest BCUT2D eigenvalue weighted by Crippen LogP contribution is 2.13. The normalized spacial score (nSPS) is 12.7. The summed E-state index contributed by atoms with van der Waals surface area (Å²) >= 11 is -1.80. The summed E-state index contributed by atoms with van der Waals surface area (Å²) in [7, 11) is 0. The molecule has 0 aliphatic heterocycles. The second kappa shape index (κ2) is 23.3. The molecule has 0 saturated heterocycles. The number of rotatable bonds is 23. The summed E-state index contributed by atoms with van der Waals surface area (Å²) in [6.07, 6.45) is 26.2. The van der Waals surface area contributed by atoms with E-state index in [9.17, 15) is 8.76 Å². The van der Waals surface area contributed by atoms with Gasteiger partial charge in [0.25, 0.3) is 0 Å². The molecule has 0 aromatic carbocycles. The predicted octanol–water partition coefficient (Wildman–Crippen LogP) is 8.27. The highest BCUT2D eigenvalue weighted by atomic mass is 32.2. The van der Waals surface area contributed by atoms with Gasteiger partial charge in [-0.15, -0.1) is 0 Å². The first kappa shape index (κ1) is 28.1. The third kappa shape index (κ3) is 20.8. The Hall–Kier alpha value is 0.0700. The lowest BCUT2D eigenvalue weighted by molar-refractivity contribution is 0.372. The van der Waals surface area contributed by atoms with Gasteiger partial charge in [0.05, 0.1) is 0 Å². The Morgan fingerprint density at radius 2 is 0.750 bits per heavy atom. The molecule has 1 atom stereocenters. The van der Waals surface area contributed by atoms with Gasteiger partial charge in [0.1, 0.15) is 0 Å². The molecule has 1 N–H and O–H groups in total.